The SMILES string of the molecule is C=C(C#N)CNc1c(OC)ccc2ccc(-c3nccc(C=O)n3)cc12.CC1CCCCN1C.CN. The second-order valence-electron chi connectivity index (χ2n) is 8.40. The number of hydrogen-bond donors (Lipinski definition) is 2. The molecule has 1 saturated heterocycles. The third-order valence-electron chi connectivity index (χ3n) is 6.03. The molecule has 1 aromatic heterocycles. The smallest absolute Gasteiger partial charge is 0.168 e. The molecule has 0 spiro atoms. The first-order chi connectivity index (χ1) is 17.5. The first kappa shape index (κ1) is 28.4. The summed E-state index contributed by atoms with van der Waals surface area (Å²) in [5, 5.41) is 14.0. The van der Waals surface area contributed by atoms with Crippen molar-refractivity contribution in [3.8, 4) is 23.2 Å². The van der Waals surface area contributed by atoms with Gasteiger partial charge in [-0.1, -0.05) is 31.2 Å². The van der Waals surface area contributed by atoms with Crippen LogP contribution in [0.1, 0.15) is 36.7 Å². The van der Waals surface area contributed by atoms with Crippen LogP contribution in [-0.2, 0) is 0 Å². The van der Waals surface area contributed by atoms with E-state index in [1.54, 1.807) is 19.4 Å². The number of nitrogens with one attached hydrogen (secondary N) is 1. The number of piperidine rings is 1. The summed E-state index contributed by atoms with van der Waals surface area (Å²) in [6.07, 6.45) is 6.48. The van der Waals surface area contributed by atoms with Crippen molar-refractivity contribution in [2.45, 2.75) is 32.2 Å². The summed E-state index contributed by atoms with van der Waals surface area (Å²) in [6, 6.07) is 14.0. The van der Waals surface area contributed by atoms with Crippen LogP contribution in [0, 0.1) is 11.3 Å². The molecule has 0 radical (unpaired) electrons. The molecule has 0 amide bonds. The molecule has 8 nitrogen and oxygen atoms in total. The van der Waals surface area contributed by atoms with Gasteiger partial charge in [0.15, 0.2) is 12.1 Å². The number of nitrogens with zero attached hydrogens (tertiary/aromatic N) is 4. The number of carbonyl (C=O) groups excluding carboxylic acids is 1. The highest BCUT2D eigenvalue weighted by atomic mass is 16.5. The van der Waals surface area contributed by atoms with Gasteiger partial charge in [0.05, 0.1) is 18.9 Å². The number of nitriles is 1. The Morgan fingerprint density at radius 1 is 1.31 bits per heavy atom. The lowest BCUT2D eigenvalue weighted by molar-refractivity contribution is 0.111. The number of aldehydes is 1. The van der Waals surface area contributed by atoms with Crippen molar-refractivity contribution in [3.05, 3.63) is 60.4 Å². The van der Waals surface area contributed by atoms with E-state index in [4.69, 9.17) is 10.00 Å². The Bertz CT molecular complexity index is 1190. The van der Waals surface area contributed by atoms with Crippen molar-refractivity contribution >= 4 is 22.7 Å². The highest BCUT2D eigenvalue weighted by Gasteiger charge is 2.13. The summed E-state index contributed by atoms with van der Waals surface area (Å²) in [5.74, 6) is 1.12. The van der Waals surface area contributed by atoms with E-state index in [1.165, 1.54) is 32.9 Å². The average Bonchev–Trinajstić information content (AvgIpc) is 2.94. The number of ether oxygens (including phenoxy) is 1. The van der Waals surface area contributed by atoms with Gasteiger partial charge in [-0.15, -0.1) is 0 Å². The molecule has 0 aliphatic carbocycles. The number of methoxy groups -OCH3 is 1. The zero-order valence-corrected chi connectivity index (χ0v) is 21.6. The normalized spacial score (nSPS) is 14.8. The zero-order valence-electron chi connectivity index (χ0n) is 21.6. The van der Waals surface area contributed by atoms with Crippen molar-refractivity contribution in [1.29, 1.82) is 5.26 Å². The van der Waals surface area contributed by atoms with Crippen LogP contribution in [0.2, 0.25) is 0 Å². The maximum Gasteiger partial charge on any atom is 0.168 e. The average molecular weight is 489 g/mol. The summed E-state index contributed by atoms with van der Waals surface area (Å²) < 4.78 is 5.45. The molecule has 36 heavy (non-hydrogen) atoms. The Morgan fingerprint density at radius 3 is 2.67 bits per heavy atom. The lowest BCUT2D eigenvalue weighted by Gasteiger charge is -2.29. The molecule has 2 aromatic carbocycles. The quantitative estimate of drug-likeness (QED) is 0.380. The molecule has 1 aliphatic heterocycles. The molecule has 190 valence electrons. The molecule has 0 bridgehead atoms. The Kier molecular flexibility index (Phi) is 11.5. The molecular weight excluding hydrogens is 452 g/mol. The van der Waals surface area contributed by atoms with Crippen molar-refractivity contribution in [2.75, 3.05) is 39.6 Å². The lowest BCUT2D eigenvalue weighted by Crippen LogP contribution is -2.33. The molecule has 1 fully saturated rings. The minimum Gasteiger partial charge on any atom is -0.495 e. The van der Waals surface area contributed by atoms with Gasteiger partial charge in [0.25, 0.3) is 0 Å². The zero-order chi connectivity index (χ0) is 26.5. The molecular formula is C28H36N6O2. The van der Waals surface area contributed by atoms with Crippen molar-refractivity contribution in [1.82, 2.24) is 14.9 Å². The number of hydrogen-bond acceptors (Lipinski definition) is 8. The van der Waals surface area contributed by atoms with Crippen LogP contribution in [0.5, 0.6) is 5.75 Å². The number of aromatic nitrogens is 2. The molecule has 4 rings (SSSR count). The molecule has 0 saturated carbocycles. The number of benzene rings is 2. The van der Waals surface area contributed by atoms with E-state index in [9.17, 15) is 4.79 Å². The van der Waals surface area contributed by atoms with E-state index in [1.807, 2.05) is 36.4 Å². The first-order valence-electron chi connectivity index (χ1n) is 12.0. The van der Waals surface area contributed by atoms with Gasteiger partial charge in [-0.25, -0.2) is 9.97 Å². The second kappa shape index (κ2) is 14.6. The number of nitrogens with two attached hydrogens (primary N) is 1. The summed E-state index contributed by atoms with van der Waals surface area (Å²) >= 11 is 0. The standard InChI is InChI=1S/C20H16N4O2.C7H15N.CH5N/c1-13(10-21)11-23-19-17-9-15(20-22-8-7-16(12-25)24-20)4-3-14(17)5-6-18(19)26-2;1-7-5-3-4-6-8(7)2;1-2/h3-9,12,23H,1,11H2,2H3;7H,3-6H2,1-2H3;2H2,1H3. The summed E-state index contributed by atoms with van der Waals surface area (Å²) in [4.78, 5) is 21.9. The van der Waals surface area contributed by atoms with E-state index < -0.39 is 0 Å². The van der Waals surface area contributed by atoms with Gasteiger partial charge in [0, 0.05) is 35.3 Å². The predicted octanol–water partition coefficient (Wildman–Crippen LogP) is 4.68. The van der Waals surface area contributed by atoms with Crippen molar-refractivity contribution in [2.24, 2.45) is 5.73 Å². The topological polar surface area (TPSA) is 117 Å². The minimum atomic E-state index is 0.313. The van der Waals surface area contributed by atoms with Crippen LogP contribution in [0.4, 0.5) is 5.69 Å². The molecule has 1 aliphatic rings. The summed E-state index contributed by atoms with van der Waals surface area (Å²) in [6.45, 7) is 7.61. The molecule has 8 heteroatoms. The highest BCUT2D eigenvalue weighted by Crippen LogP contribution is 2.35. The van der Waals surface area contributed by atoms with E-state index in [-0.39, 0.29) is 0 Å². The highest BCUT2D eigenvalue weighted by molar-refractivity contribution is 5.99. The summed E-state index contributed by atoms with van der Waals surface area (Å²) in [5.41, 5.74) is 6.78. The van der Waals surface area contributed by atoms with Crippen LogP contribution in [0.25, 0.3) is 22.2 Å². The van der Waals surface area contributed by atoms with Crippen LogP contribution in [0.15, 0.2) is 54.7 Å². The fourth-order valence-corrected chi connectivity index (χ4v) is 3.84. The minimum absolute atomic E-state index is 0.313. The molecule has 3 N–H and O–H groups in total. The molecule has 2 heterocycles. The fraction of sp³-hybridized carbons (Fsp3) is 0.357. The van der Waals surface area contributed by atoms with Gasteiger partial charge in [-0.3, -0.25) is 4.79 Å². The van der Waals surface area contributed by atoms with Crippen LogP contribution < -0.4 is 15.8 Å². The van der Waals surface area contributed by atoms with Gasteiger partial charge in [0.2, 0.25) is 0 Å². The number of anilines is 1. The Labute approximate surface area is 213 Å². The van der Waals surface area contributed by atoms with Gasteiger partial charge >= 0.3 is 0 Å². The first-order valence-corrected chi connectivity index (χ1v) is 12.0. The van der Waals surface area contributed by atoms with Crippen molar-refractivity contribution < 1.29 is 9.53 Å². The fourth-order valence-electron chi connectivity index (χ4n) is 3.84. The van der Waals surface area contributed by atoms with Crippen LogP contribution in [-0.4, -0.2) is 61.5 Å². The monoisotopic (exact) mass is 488 g/mol. The van der Waals surface area contributed by atoms with Crippen LogP contribution >= 0.6 is 0 Å². The Hall–Kier alpha value is -3.80. The van der Waals surface area contributed by atoms with Gasteiger partial charge in [-0.2, -0.15) is 5.26 Å². The maximum absolute atomic E-state index is 11.0. The largest absolute Gasteiger partial charge is 0.495 e. The summed E-state index contributed by atoms with van der Waals surface area (Å²) in [7, 11) is 5.30. The Morgan fingerprint density at radius 2 is 2.06 bits per heavy atom. The maximum atomic E-state index is 11.0. The van der Waals surface area contributed by atoms with E-state index >= 15 is 0 Å². The van der Waals surface area contributed by atoms with Gasteiger partial charge in [0.1, 0.15) is 11.4 Å². The third kappa shape index (κ3) is 7.60. The van der Waals surface area contributed by atoms with Crippen molar-refractivity contribution in [3.63, 3.8) is 0 Å². The number of likely N-dealkylation sites (tertiary alicyclic amines) is 1. The Balaban J connectivity index is 0.000000384. The predicted molar refractivity (Wildman–Crippen MR) is 146 cm³/mol. The van der Waals surface area contributed by atoms with Gasteiger partial charge in [-0.05, 0) is 64.0 Å². The number of carbonyl (C=O) groups is 1. The number of rotatable bonds is 6. The second-order valence-corrected chi connectivity index (χ2v) is 8.40. The lowest BCUT2D eigenvalue weighted by atomic mass is 10.0. The van der Waals surface area contributed by atoms with Gasteiger partial charge < -0.3 is 20.7 Å². The third-order valence-corrected chi connectivity index (χ3v) is 6.03. The van der Waals surface area contributed by atoms with E-state index in [0.717, 1.165) is 28.1 Å². The molecule has 3 aromatic rings. The molecule has 1 atom stereocenters. The number of fused-ring (bicyclic) bond motifs is 1. The van der Waals surface area contributed by atoms with Crippen LogP contribution in [0.3, 0.4) is 0 Å². The van der Waals surface area contributed by atoms with E-state index in [0.29, 0.717) is 35.7 Å². The molecule has 1 unspecified atom stereocenters. The van der Waals surface area contributed by atoms with E-state index in [2.05, 4.69) is 46.5 Å².